The van der Waals surface area contributed by atoms with Gasteiger partial charge in [0.25, 0.3) is 11.8 Å². The highest BCUT2D eigenvalue weighted by molar-refractivity contribution is 6.04. The molecule has 1 saturated heterocycles. The predicted octanol–water partition coefficient (Wildman–Crippen LogP) is 4.15. The molecule has 1 fully saturated rings. The van der Waals surface area contributed by atoms with E-state index in [1.54, 1.807) is 6.07 Å². The molecule has 200 valence electrons. The number of amides is 1. The quantitative estimate of drug-likeness (QED) is 0.449. The Labute approximate surface area is 220 Å². The van der Waals surface area contributed by atoms with Crippen LogP contribution in [0.1, 0.15) is 34.1 Å². The number of nitrogens with zero attached hydrogens (tertiary/aromatic N) is 2. The van der Waals surface area contributed by atoms with E-state index >= 15 is 0 Å². The number of rotatable bonds is 6. The zero-order chi connectivity index (χ0) is 27.1. The van der Waals surface area contributed by atoms with Gasteiger partial charge >= 0.3 is 0 Å². The lowest BCUT2D eigenvalue weighted by atomic mass is 9.72. The van der Waals surface area contributed by atoms with Gasteiger partial charge in [0.1, 0.15) is 5.69 Å². The second-order valence-electron chi connectivity index (χ2n) is 10.3. The molecular formula is C29H31F2N3O4. The standard InChI is InChI=1S/C29H31F2N3O4/c1-18-3-6-22(33-27(37)20-7-8-32-25(12-20)28(2,30)31)13-23(18)19-4-5-21-14-29(16-35,17-36)26-15-38-10-9-34(26)24(21)11-19/h3-8,11-13,26,35-36H,9-10,14-17H2,1-2H3,(H,33,37). The lowest BCUT2D eigenvalue weighted by Gasteiger charge is -2.52. The van der Waals surface area contributed by atoms with Gasteiger partial charge in [0, 0.05) is 42.0 Å². The van der Waals surface area contributed by atoms with Crippen molar-refractivity contribution in [2.75, 3.05) is 43.2 Å². The highest BCUT2D eigenvalue weighted by Crippen LogP contribution is 2.44. The van der Waals surface area contributed by atoms with E-state index in [-0.39, 0.29) is 24.8 Å². The first-order valence-electron chi connectivity index (χ1n) is 12.6. The third-order valence-corrected chi connectivity index (χ3v) is 7.68. The van der Waals surface area contributed by atoms with Crippen molar-refractivity contribution in [3.05, 3.63) is 77.1 Å². The Morgan fingerprint density at radius 1 is 1.18 bits per heavy atom. The maximum absolute atomic E-state index is 13.7. The summed E-state index contributed by atoms with van der Waals surface area (Å²) >= 11 is 0. The van der Waals surface area contributed by atoms with Crippen molar-refractivity contribution < 1.29 is 28.5 Å². The first kappa shape index (κ1) is 26.2. The number of nitrogens with one attached hydrogen (secondary N) is 1. The molecule has 38 heavy (non-hydrogen) atoms. The van der Waals surface area contributed by atoms with Crippen LogP contribution in [0.4, 0.5) is 20.2 Å². The minimum Gasteiger partial charge on any atom is -0.396 e. The molecule has 5 rings (SSSR count). The molecule has 1 aromatic heterocycles. The minimum atomic E-state index is -3.15. The third kappa shape index (κ3) is 4.77. The number of aromatic nitrogens is 1. The Bertz CT molecular complexity index is 1350. The van der Waals surface area contributed by atoms with Gasteiger partial charge in [0.05, 0.1) is 32.5 Å². The number of hydrogen-bond donors (Lipinski definition) is 3. The summed E-state index contributed by atoms with van der Waals surface area (Å²) in [5, 5.41) is 23.2. The number of hydrogen-bond acceptors (Lipinski definition) is 6. The summed E-state index contributed by atoms with van der Waals surface area (Å²) in [5.74, 6) is -3.65. The molecule has 2 aliphatic heterocycles. The van der Waals surface area contributed by atoms with E-state index in [4.69, 9.17) is 4.74 Å². The van der Waals surface area contributed by atoms with E-state index in [9.17, 15) is 23.8 Å². The number of benzene rings is 2. The van der Waals surface area contributed by atoms with Gasteiger partial charge in [-0.3, -0.25) is 9.78 Å². The van der Waals surface area contributed by atoms with Crippen molar-refractivity contribution in [1.82, 2.24) is 4.98 Å². The van der Waals surface area contributed by atoms with Gasteiger partial charge in [-0.15, -0.1) is 0 Å². The number of carbonyl (C=O) groups is 1. The first-order valence-corrected chi connectivity index (χ1v) is 12.6. The summed E-state index contributed by atoms with van der Waals surface area (Å²) in [4.78, 5) is 18.8. The molecule has 2 aliphatic rings. The molecule has 3 heterocycles. The van der Waals surface area contributed by atoms with E-state index in [0.717, 1.165) is 40.9 Å². The summed E-state index contributed by atoms with van der Waals surface area (Å²) in [7, 11) is 0. The van der Waals surface area contributed by atoms with Crippen LogP contribution in [0.15, 0.2) is 54.7 Å². The fourth-order valence-electron chi connectivity index (χ4n) is 5.44. The molecule has 1 amide bonds. The smallest absolute Gasteiger partial charge is 0.286 e. The minimum absolute atomic E-state index is 0.0991. The van der Waals surface area contributed by atoms with Gasteiger partial charge in [-0.05, 0) is 65.9 Å². The maximum Gasteiger partial charge on any atom is 0.286 e. The highest BCUT2D eigenvalue weighted by Gasteiger charge is 2.47. The van der Waals surface area contributed by atoms with E-state index in [0.29, 0.717) is 31.9 Å². The molecule has 1 atom stereocenters. The molecular weight excluding hydrogens is 492 g/mol. The van der Waals surface area contributed by atoms with Gasteiger partial charge in [-0.25, -0.2) is 0 Å². The number of ether oxygens (including phenoxy) is 1. The van der Waals surface area contributed by atoms with Crippen LogP contribution in [0.2, 0.25) is 0 Å². The molecule has 2 aromatic carbocycles. The lowest BCUT2D eigenvalue weighted by molar-refractivity contribution is -0.0246. The summed E-state index contributed by atoms with van der Waals surface area (Å²) in [6.07, 6.45) is 1.75. The zero-order valence-electron chi connectivity index (χ0n) is 21.4. The number of aliphatic hydroxyl groups excluding tert-OH is 2. The monoisotopic (exact) mass is 523 g/mol. The maximum atomic E-state index is 13.7. The van der Waals surface area contributed by atoms with Crippen molar-refractivity contribution in [2.45, 2.75) is 32.2 Å². The molecule has 0 spiro atoms. The van der Waals surface area contributed by atoms with E-state index in [2.05, 4.69) is 21.3 Å². The van der Waals surface area contributed by atoms with Crippen LogP contribution in [0.3, 0.4) is 0 Å². The predicted molar refractivity (Wildman–Crippen MR) is 141 cm³/mol. The highest BCUT2D eigenvalue weighted by atomic mass is 19.3. The summed E-state index contributed by atoms with van der Waals surface area (Å²) in [6.45, 7) is 4.12. The number of aliphatic hydroxyl groups is 2. The second-order valence-corrected chi connectivity index (χ2v) is 10.3. The van der Waals surface area contributed by atoms with Crippen LogP contribution in [0, 0.1) is 12.3 Å². The van der Waals surface area contributed by atoms with Gasteiger partial charge in [0.15, 0.2) is 0 Å². The second kappa shape index (κ2) is 10.1. The van der Waals surface area contributed by atoms with Crippen LogP contribution >= 0.6 is 0 Å². The Kier molecular flexibility index (Phi) is 6.94. The summed E-state index contributed by atoms with van der Waals surface area (Å²) < 4.78 is 33.1. The number of anilines is 2. The Morgan fingerprint density at radius 3 is 2.71 bits per heavy atom. The number of fused-ring (bicyclic) bond motifs is 3. The number of aryl methyl sites for hydroxylation is 1. The molecule has 0 aliphatic carbocycles. The molecule has 0 saturated carbocycles. The number of alkyl halides is 2. The van der Waals surface area contributed by atoms with E-state index in [1.165, 1.54) is 12.3 Å². The fraction of sp³-hybridized carbons (Fsp3) is 0.379. The number of halogens is 2. The third-order valence-electron chi connectivity index (χ3n) is 7.68. The average molecular weight is 524 g/mol. The lowest BCUT2D eigenvalue weighted by Crippen LogP contribution is -2.61. The van der Waals surface area contributed by atoms with Crippen molar-refractivity contribution in [2.24, 2.45) is 5.41 Å². The Hall–Kier alpha value is -3.40. The molecule has 1 unspecified atom stereocenters. The molecule has 7 nitrogen and oxygen atoms in total. The van der Waals surface area contributed by atoms with Crippen LogP contribution in [-0.4, -0.2) is 60.1 Å². The SMILES string of the molecule is Cc1ccc(NC(=O)c2ccnc(C(C)(F)F)c2)cc1-c1ccc2c(c1)N1CCOCC1C(CO)(CO)C2. The molecule has 0 bridgehead atoms. The Morgan fingerprint density at radius 2 is 1.97 bits per heavy atom. The van der Waals surface area contributed by atoms with Crippen LogP contribution < -0.4 is 10.2 Å². The molecule has 3 aromatic rings. The number of morpholine rings is 1. The number of pyridine rings is 1. The first-order chi connectivity index (χ1) is 18.1. The molecule has 0 radical (unpaired) electrons. The van der Waals surface area contributed by atoms with E-state index < -0.39 is 22.9 Å². The van der Waals surface area contributed by atoms with Crippen molar-refractivity contribution in [3.63, 3.8) is 0 Å². The number of carbonyl (C=O) groups excluding carboxylic acids is 1. The van der Waals surface area contributed by atoms with Crippen molar-refractivity contribution in [1.29, 1.82) is 0 Å². The van der Waals surface area contributed by atoms with Gasteiger partial charge < -0.3 is 25.2 Å². The summed E-state index contributed by atoms with van der Waals surface area (Å²) in [5.41, 5.74) is 4.49. The van der Waals surface area contributed by atoms with Gasteiger partial charge in [-0.1, -0.05) is 18.2 Å². The van der Waals surface area contributed by atoms with Gasteiger partial charge in [-0.2, -0.15) is 8.78 Å². The zero-order valence-corrected chi connectivity index (χ0v) is 21.4. The van der Waals surface area contributed by atoms with Gasteiger partial charge in [0.2, 0.25) is 0 Å². The van der Waals surface area contributed by atoms with Crippen LogP contribution in [0.25, 0.3) is 11.1 Å². The Balaban J connectivity index is 1.45. The normalized spacial score (nSPS) is 18.5. The van der Waals surface area contributed by atoms with E-state index in [1.807, 2.05) is 31.2 Å². The van der Waals surface area contributed by atoms with Crippen molar-refractivity contribution >= 4 is 17.3 Å². The summed E-state index contributed by atoms with van der Waals surface area (Å²) in [6, 6.07) is 14.1. The van der Waals surface area contributed by atoms with Crippen LogP contribution in [0.5, 0.6) is 0 Å². The topological polar surface area (TPSA) is 94.9 Å². The largest absolute Gasteiger partial charge is 0.396 e. The molecule has 9 heteroatoms. The average Bonchev–Trinajstić information content (AvgIpc) is 2.93. The molecule has 3 N–H and O–H groups in total. The fourth-order valence-corrected chi connectivity index (χ4v) is 5.44. The van der Waals surface area contributed by atoms with Crippen molar-refractivity contribution in [3.8, 4) is 11.1 Å². The van der Waals surface area contributed by atoms with Crippen LogP contribution in [-0.2, 0) is 17.1 Å².